The number of ether oxygens (including phenoxy) is 3. The lowest BCUT2D eigenvalue weighted by molar-refractivity contribution is -0.155. The zero-order valence-electron chi connectivity index (χ0n) is 17.7. The van der Waals surface area contributed by atoms with Crippen LogP contribution in [0.5, 0.6) is 0 Å². The summed E-state index contributed by atoms with van der Waals surface area (Å²) in [4.78, 5) is 36.1. The van der Waals surface area contributed by atoms with Crippen molar-refractivity contribution < 1.29 is 38.8 Å². The lowest BCUT2D eigenvalue weighted by Crippen LogP contribution is -2.60. The number of hydrogen-bond donors (Lipinski definition) is 3. The molecule has 0 spiro atoms. The van der Waals surface area contributed by atoms with Gasteiger partial charge in [0.05, 0.1) is 19.3 Å². The maximum atomic E-state index is 12.5. The summed E-state index contributed by atoms with van der Waals surface area (Å²) in [5.74, 6) is -0.979. The highest BCUT2D eigenvalue weighted by molar-refractivity contribution is 5.83. The number of rotatable bonds is 9. The number of hydrogen-bond acceptors (Lipinski definition) is 7. The molecule has 0 bridgehead atoms. The molecule has 30 heavy (non-hydrogen) atoms. The first-order valence-electron chi connectivity index (χ1n) is 9.53. The summed E-state index contributed by atoms with van der Waals surface area (Å²) in [7, 11) is 0. The minimum absolute atomic E-state index is 0.0260. The zero-order chi connectivity index (χ0) is 22.7. The third-order valence-corrected chi connectivity index (χ3v) is 3.65. The molecular formula is C20H30N2O8. The highest BCUT2D eigenvalue weighted by Gasteiger charge is 2.40. The number of aliphatic hydroxyl groups excluding tert-OH is 1. The molecule has 0 saturated carbocycles. The van der Waals surface area contributed by atoms with Crippen LogP contribution in [0.25, 0.3) is 0 Å². The predicted octanol–water partition coefficient (Wildman–Crippen LogP) is 2.31. The second-order valence-corrected chi connectivity index (χ2v) is 7.36. The van der Waals surface area contributed by atoms with Crippen molar-refractivity contribution in [1.29, 1.82) is 0 Å². The number of nitrogens with zero attached hydrogens (tertiary/aromatic N) is 1. The van der Waals surface area contributed by atoms with E-state index in [-0.39, 0.29) is 19.6 Å². The normalized spacial score (nSPS) is 13.1. The number of carbonyl (C=O) groups is 3. The van der Waals surface area contributed by atoms with E-state index in [4.69, 9.17) is 19.3 Å². The average molecular weight is 426 g/mol. The van der Waals surface area contributed by atoms with Gasteiger partial charge in [0.1, 0.15) is 5.60 Å². The second-order valence-electron chi connectivity index (χ2n) is 7.36. The Bertz CT molecular complexity index is 690. The largest absolute Gasteiger partial charge is 0.464 e. The summed E-state index contributed by atoms with van der Waals surface area (Å²) in [6.07, 6.45) is -4.29. The minimum atomic E-state index is -1.66. The Hall–Kier alpha value is -2.85. The van der Waals surface area contributed by atoms with Crippen LogP contribution in [-0.4, -0.2) is 64.3 Å². The van der Waals surface area contributed by atoms with E-state index in [2.05, 4.69) is 0 Å². The number of hydrazine groups is 1. The highest BCUT2D eigenvalue weighted by atomic mass is 16.6. The van der Waals surface area contributed by atoms with Crippen molar-refractivity contribution in [3.63, 3.8) is 0 Å². The summed E-state index contributed by atoms with van der Waals surface area (Å²) in [5.41, 5.74) is 1.78. The van der Waals surface area contributed by atoms with Gasteiger partial charge < -0.3 is 24.4 Å². The first-order chi connectivity index (χ1) is 14.0. The van der Waals surface area contributed by atoms with Crippen LogP contribution in [0, 0.1) is 0 Å². The van der Waals surface area contributed by atoms with Crippen molar-refractivity contribution in [2.75, 3.05) is 13.2 Å². The average Bonchev–Trinajstić information content (AvgIpc) is 2.64. The van der Waals surface area contributed by atoms with E-state index in [0.717, 1.165) is 5.56 Å². The van der Waals surface area contributed by atoms with E-state index in [9.17, 15) is 19.5 Å². The monoisotopic (exact) mass is 426 g/mol. The van der Waals surface area contributed by atoms with E-state index in [1.165, 1.54) is 0 Å². The quantitative estimate of drug-likeness (QED) is 0.311. The van der Waals surface area contributed by atoms with E-state index in [0.29, 0.717) is 11.6 Å². The van der Waals surface area contributed by atoms with Gasteiger partial charge in [0, 0.05) is 6.61 Å². The summed E-state index contributed by atoms with van der Waals surface area (Å²) in [5, 5.41) is 20.1. The van der Waals surface area contributed by atoms with Gasteiger partial charge in [-0.2, -0.15) is 5.01 Å². The maximum Gasteiger partial charge on any atom is 0.430 e. The Morgan fingerprint density at radius 2 is 1.80 bits per heavy atom. The van der Waals surface area contributed by atoms with E-state index in [1.54, 1.807) is 27.7 Å². The fraction of sp³-hybridized carbons (Fsp3) is 0.550. The van der Waals surface area contributed by atoms with Gasteiger partial charge in [0.15, 0.2) is 6.04 Å². The van der Waals surface area contributed by atoms with Gasteiger partial charge in [-0.15, -0.1) is 0 Å². The van der Waals surface area contributed by atoms with Crippen molar-refractivity contribution in [3.8, 4) is 0 Å². The molecule has 0 aliphatic heterocycles. The van der Waals surface area contributed by atoms with Crippen LogP contribution < -0.4 is 5.43 Å². The molecule has 168 valence electrons. The topological polar surface area (TPSA) is 135 Å². The molecule has 0 aromatic heterocycles. The maximum absolute atomic E-state index is 12.5. The molecule has 2 atom stereocenters. The van der Waals surface area contributed by atoms with Crippen LogP contribution in [-0.2, 0) is 25.6 Å². The Morgan fingerprint density at radius 3 is 2.33 bits per heavy atom. The molecule has 0 aliphatic rings. The van der Waals surface area contributed by atoms with Crippen LogP contribution in [0.4, 0.5) is 9.59 Å². The van der Waals surface area contributed by atoms with Gasteiger partial charge in [-0.3, -0.25) is 0 Å². The minimum Gasteiger partial charge on any atom is -0.464 e. The van der Waals surface area contributed by atoms with Gasteiger partial charge in [-0.25, -0.2) is 19.8 Å². The van der Waals surface area contributed by atoms with Crippen LogP contribution in [0.2, 0.25) is 0 Å². The van der Waals surface area contributed by atoms with Crippen molar-refractivity contribution in [2.45, 2.75) is 58.5 Å². The van der Waals surface area contributed by atoms with E-state index >= 15 is 0 Å². The number of nitrogens with one attached hydrogen (secondary N) is 1. The van der Waals surface area contributed by atoms with E-state index in [1.807, 2.05) is 35.8 Å². The van der Waals surface area contributed by atoms with Gasteiger partial charge in [0.2, 0.25) is 0 Å². The lowest BCUT2D eigenvalue weighted by atomic mass is 10.1. The lowest BCUT2D eigenvalue weighted by Gasteiger charge is -2.33. The molecule has 1 rings (SSSR count). The van der Waals surface area contributed by atoms with Gasteiger partial charge in [-0.05, 0) is 39.7 Å². The number of esters is 1. The fourth-order valence-corrected chi connectivity index (χ4v) is 2.43. The molecule has 1 aromatic carbocycles. The third-order valence-electron chi connectivity index (χ3n) is 3.65. The summed E-state index contributed by atoms with van der Waals surface area (Å²) in [6.45, 7) is 6.61. The fourth-order valence-electron chi connectivity index (χ4n) is 2.43. The molecular weight excluding hydrogens is 396 g/mol. The molecule has 1 aromatic rings. The Balaban J connectivity index is 2.89. The van der Waals surface area contributed by atoms with Gasteiger partial charge in [0.25, 0.3) is 0 Å². The van der Waals surface area contributed by atoms with Crippen LogP contribution in [0.15, 0.2) is 30.3 Å². The first-order valence-corrected chi connectivity index (χ1v) is 9.53. The number of carbonyl (C=O) groups excluding carboxylic acids is 2. The molecule has 10 heteroatoms. The molecule has 2 amide bonds. The third kappa shape index (κ3) is 9.10. The predicted molar refractivity (Wildman–Crippen MR) is 106 cm³/mol. The molecule has 0 fully saturated rings. The number of amides is 2. The number of aliphatic hydroxyl groups is 1. The molecule has 10 nitrogen and oxygen atoms in total. The van der Waals surface area contributed by atoms with Crippen LogP contribution in [0.3, 0.4) is 0 Å². The summed E-state index contributed by atoms with van der Waals surface area (Å²) >= 11 is 0. The van der Waals surface area contributed by atoms with Crippen molar-refractivity contribution >= 4 is 18.2 Å². The van der Waals surface area contributed by atoms with E-state index < -0.39 is 35.9 Å². The van der Waals surface area contributed by atoms with Crippen molar-refractivity contribution in [3.05, 3.63) is 35.9 Å². The Labute approximate surface area is 175 Å². The molecule has 3 N–H and O–H groups in total. The molecule has 0 heterocycles. The summed E-state index contributed by atoms with van der Waals surface area (Å²) in [6, 6.07) is 7.69. The van der Waals surface area contributed by atoms with Gasteiger partial charge >= 0.3 is 18.2 Å². The second kappa shape index (κ2) is 12.0. The first kappa shape index (κ1) is 25.2. The smallest absolute Gasteiger partial charge is 0.430 e. The van der Waals surface area contributed by atoms with Crippen LogP contribution in [0.1, 0.15) is 39.7 Å². The number of benzene rings is 1. The van der Waals surface area contributed by atoms with Crippen molar-refractivity contribution in [1.82, 2.24) is 10.4 Å². The summed E-state index contributed by atoms with van der Waals surface area (Å²) < 4.78 is 15.6. The highest BCUT2D eigenvalue weighted by Crippen LogP contribution is 2.15. The Morgan fingerprint density at radius 1 is 1.17 bits per heavy atom. The van der Waals surface area contributed by atoms with Crippen molar-refractivity contribution in [2.24, 2.45) is 0 Å². The Kier molecular flexibility index (Phi) is 10.1. The standard InChI is InChI=1S/C20H30N2O8/c1-5-29-17(24)16(22(21-18(25)26)19(27)30-20(2,3)4)15(23)11-12-28-13-14-9-7-6-8-10-14/h6-10,15-16,21,23H,5,11-13H2,1-4H3,(H,25,26). The SMILES string of the molecule is CCOC(=O)C(C(O)CCOCc1ccccc1)N(NC(=O)O)C(=O)OC(C)(C)C. The van der Waals surface area contributed by atoms with Crippen LogP contribution >= 0.6 is 0 Å². The molecule has 0 aliphatic carbocycles. The zero-order valence-corrected chi connectivity index (χ0v) is 17.7. The molecule has 0 saturated heterocycles. The van der Waals surface area contributed by atoms with Gasteiger partial charge in [-0.1, -0.05) is 30.3 Å². The number of carboxylic acid groups (broad SMARTS) is 1. The molecule has 0 radical (unpaired) electrons. The molecule has 2 unspecified atom stereocenters.